The molecule has 0 spiro atoms. The molecule has 0 saturated heterocycles. The van der Waals surface area contributed by atoms with Crippen molar-refractivity contribution in [2.45, 2.75) is 18.4 Å². The Morgan fingerprint density at radius 3 is 2.56 bits per heavy atom. The summed E-state index contributed by atoms with van der Waals surface area (Å²) in [5.41, 5.74) is 3.84. The first-order chi connectivity index (χ1) is 12.1. The highest BCUT2D eigenvalue weighted by molar-refractivity contribution is 5.94. The molecule has 1 aliphatic carbocycles. The molecule has 2 heterocycles. The molecule has 0 aliphatic heterocycles. The highest BCUT2D eigenvalue weighted by Crippen LogP contribution is 2.33. The number of hydrogen-bond donors (Lipinski definition) is 2. The van der Waals surface area contributed by atoms with Gasteiger partial charge in [-0.2, -0.15) is 0 Å². The number of H-pyrrole nitrogens is 1. The lowest BCUT2D eigenvalue weighted by Crippen LogP contribution is -2.53. The Hall–Kier alpha value is -2.66. The van der Waals surface area contributed by atoms with Gasteiger partial charge in [-0.25, -0.2) is 4.98 Å². The molecule has 3 aromatic rings. The molecule has 5 nitrogen and oxygen atoms in total. The summed E-state index contributed by atoms with van der Waals surface area (Å²) in [6.07, 6.45) is 3.72. The molecule has 1 aromatic carbocycles. The average molecular weight is 334 g/mol. The standard InChI is InChI=1S/C20H22N4O/c1-24(2)20(11-15-5-3-4-6-16(15)12-20)13-22-19(25)17-8-7-14-9-10-21-18(14)23-17/h3-10H,11-13H2,1-2H3,(H,21,23)(H,22,25). The zero-order chi connectivity index (χ0) is 17.4. The minimum atomic E-state index is -0.131. The number of aromatic amines is 1. The van der Waals surface area contributed by atoms with Crippen molar-refractivity contribution in [3.8, 4) is 0 Å². The Morgan fingerprint density at radius 1 is 1.16 bits per heavy atom. The first kappa shape index (κ1) is 15.8. The van der Waals surface area contributed by atoms with Gasteiger partial charge in [-0.15, -0.1) is 0 Å². The van der Waals surface area contributed by atoms with Gasteiger partial charge in [0.2, 0.25) is 0 Å². The summed E-state index contributed by atoms with van der Waals surface area (Å²) in [6, 6.07) is 14.2. The molecule has 2 N–H and O–H groups in total. The molecule has 1 aliphatic rings. The van der Waals surface area contributed by atoms with Crippen LogP contribution in [0.2, 0.25) is 0 Å². The van der Waals surface area contributed by atoms with E-state index in [1.807, 2.05) is 18.3 Å². The largest absolute Gasteiger partial charge is 0.349 e. The van der Waals surface area contributed by atoms with Gasteiger partial charge in [0.05, 0.1) is 0 Å². The molecule has 0 fully saturated rings. The second-order valence-electron chi connectivity index (χ2n) is 7.04. The monoisotopic (exact) mass is 334 g/mol. The van der Waals surface area contributed by atoms with Crippen molar-refractivity contribution < 1.29 is 4.79 Å². The molecule has 4 rings (SSSR count). The van der Waals surface area contributed by atoms with E-state index in [1.165, 1.54) is 11.1 Å². The lowest BCUT2D eigenvalue weighted by atomic mass is 9.94. The average Bonchev–Trinajstić information content (AvgIpc) is 3.23. The summed E-state index contributed by atoms with van der Waals surface area (Å²) in [5, 5.41) is 4.10. The number of aromatic nitrogens is 2. The molecule has 0 saturated carbocycles. The van der Waals surface area contributed by atoms with Gasteiger partial charge in [0.25, 0.3) is 5.91 Å². The Kier molecular flexibility index (Phi) is 3.81. The zero-order valence-corrected chi connectivity index (χ0v) is 14.5. The molecule has 2 aromatic heterocycles. The van der Waals surface area contributed by atoms with Gasteiger partial charge in [0, 0.05) is 23.7 Å². The van der Waals surface area contributed by atoms with Crippen molar-refractivity contribution in [2.24, 2.45) is 0 Å². The van der Waals surface area contributed by atoms with Gasteiger partial charge in [0.15, 0.2) is 0 Å². The van der Waals surface area contributed by atoms with Crippen molar-refractivity contribution in [3.63, 3.8) is 0 Å². The zero-order valence-electron chi connectivity index (χ0n) is 14.5. The molecular formula is C20H22N4O. The molecule has 0 bridgehead atoms. The minimum absolute atomic E-state index is 0.0874. The van der Waals surface area contributed by atoms with Gasteiger partial charge in [0.1, 0.15) is 11.3 Å². The number of likely N-dealkylation sites (N-methyl/N-ethyl adjacent to an activating group) is 1. The molecule has 1 amide bonds. The highest BCUT2D eigenvalue weighted by atomic mass is 16.1. The van der Waals surface area contributed by atoms with Crippen LogP contribution in [-0.4, -0.2) is 47.0 Å². The number of benzene rings is 1. The van der Waals surface area contributed by atoms with Crippen molar-refractivity contribution in [1.29, 1.82) is 0 Å². The third-order valence-corrected chi connectivity index (χ3v) is 5.33. The van der Waals surface area contributed by atoms with Gasteiger partial charge in [-0.1, -0.05) is 24.3 Å². The van der Waals surface area contributed by atoms with E-state index < -0.39 is 0 Å². The van der Waals surface area contributed by atoms with Crippen molar-refractivity contribution in [3.05, 3.63) is 65.5 Å². The van der Waals surface area contributed by atoms with Gasteiger partial charge < -0.3 is 15.2 Å². The van der Waals surface area contributed by atoms with Crippen molar-refractivity contribution in [2.75, 3.05) is 20.6 Å². The summed E-state index contributed by atoms with van der Waals surface area (Å²) in [7, 11) is 4.17. The van der Waals surface area contributed by atoms with E-state index in [-0.39, 0.29) is 11.4 Å². The molecular weight excluding hydrogens is 312 g/mol. The summed E-state index contributed by atoms with van der Waals surface area (Å²) < 4.78 is 0. The minimum Gasteiger partial charge on any atom is -0.349 e. The number of carbonyl (C=O) groups is 1. The lowest BCUT2D eigenvalue weighted by molar-refractivity contribution is 0.0898. The maximum Gasteiger partial charge on any atom is 0.270 e. The van der Waals surface area contributed by atoms with Gasteiger partial charge in [-0.3, -0.25) is 4.79 Å². The summed E-state index contributed by atoms with van der Waals surface area (Å²) >= 11 is 0. The molecule has 5 heteroatoms. The van der Waals surface area contributed by atoms with Gasteiger partial charge >= 0.3 is 0 Å². The molecule has 128 valence electrons. The second kappa shape index (κ2) is 6.01. The van der Waals surface area contributed by atoms with Crippen LogP contribution in [0, 0.1) is 0 Å². The van der Waals surface area contributed by atoms with E-state index in [4.69, 9.17) is 0 Å². The lowest BCUT2D eigenvalue weighted by Gasteiger charge is -2.36. The summed E-state index contributed by atoms with van der Waals surface area (Å²) in [6.45, 7) is 0.595. The predicted molar refractivity (Wildman–Crippen MR) is 98.7 cm³/mol. The Balaban J connectivity index is 1.51. The number of amides is 1. The van der Waals surface area contributed by atoms with Crippen molar-refractivity contribution >= 4 is 16.9 Å². The SMILES string of the molecule is CN(C)C1(CNC(=O)c2ccc3cc[nH]c3n2)Cc2ccccc2C1. The second-order valence-corrected chi connectivity index (χ2v) is 7.04. The van der Waals surface area contributed by atoms with Crippen LogP contribution in [-0.2, 0) is 12.8 Å². The molecule has 0 atom stereocenters. The quantitative estimate of drug-likeness (QED) is 0.770. The fourth-order valence-corrected chi connectivity index (χ4v) is 3.67. The predicted octanol–water partition coefficient (Wildman–Crippen LogP) is 2.39. The number of hydrogen-bond acceptors (Lipinski definition) is 3. The van der Waals surface area contributed by atoms with E-state index >= 15 is 0 Å². The summed E-state index contributed by atoms with van der Waals surface area (Å²) in [5.74, 6) is -0.131. The van der Waals surface area contributed by atoms with Crippen LogP contribution < -0.4 is 5.32 Å². The normalized spacial score (nSPS) is 15.5. The van der Waals surface area contributed by atoms with E-state index in [2.05, 4.69) is 58.5 Å². The molecule has 25 heavy (non-hydrogen) atoms. The number of carbonyl (C=O) groups excluding carboxylic acids is 1. The number of rotatable bonds is 4. The van der Waals surface area contributed by atoms with Crippen LogP contribution in [0.1, 0.15) is 21.6 Å². The molecule has 0 unspecified atom stereocenters. The highest BCUT2D eigenvalue weighted by Gasteiger charge is 2.39. The van der Waals surface area contributed by atoms with Crippen LogP contribution >= 0.6 is 0 Å². The van der Waals surface area contributed by atoms with E-state index in [0.29, 0.717) is 12.2 Å². The number of nitrogens with zero attached hydrogens (tertiary/aromatic N) is 2. The van der Waals surface area contributed by atoms with E-state index in [9.17, 15) is 4.79 Å². The van der Waals surface area contributed by atoms with E-state index in [1.54, 1.807) is 6.07 Å². The maximum atomic E-state index is 12.6. The van der Waals surface area contributed by atoms with Crippen LogP contribution in [0.4, 0.5) is 0 Å². The number of pyridine rings is 1. The maximum absolute atomic E-state index is 12.6. The summed E-state index contributed by atoms with van der Waals surface area (Å²) in [4.78, 5) is 22.3. The Labute approximate surface area is 147 Å². The first-order valence-electron chi connectivity index (χ1n) is 8.54. The Bertz CT molecular complexity index is 903. The number of fused-ring (bicyclic) bond motifs is 2. The number of nitrogens with one attached hydrogen (secondary N) is 2. The van der Waals surface area contributed by atoms with Gasteiger partial charge in [-0.05, 0) is 56.3 Å². The van der Waals surface area contributed by atoms with Crippen molar-refractivity contribution in [1.82, 2.24) is 20.2 Å². The fourth-order valence-electron chi connectivity index (χ4n) is 3.67. The smallest absolute Gasteiger partial charge is 0.270 e. The fraction of sp³-hybridized carbons (Fsp3) is 0.300. The van der Waals surface area contributed by atoms with Crippen LogP contribution in [0.5, 0.6) is 0 Å². The van der Waals surface area contributed by atoms with Crippen LogP contribution in [0.25, 0.3) is 11.0 Å². The third-order valence-electron chi connectivity index (χ3n) is 5.33. The van der Waals surface area contributed by atoms with E-state index in [0.717, 1.165) is 23.9 Å². The van der Waals surface area contributed by atoms with Crippen LogP contribution in [0.3, 0.4) is 0 Å². The van der Waals surface area contributed by atoms with Crippen LogP contribution in [0.15, 0.2) is 48.7 Å². The third kappa shape index (κ3) is 2.81. The Morgan fingerprint density at radius 2 is 1.88 bits per heavy atom. The topological polar surface area (TPSA) is 61.0 Å². The molecule has 0 radical (unpaired) electrons. The first-order valence-corrected chi connectivity index (χ1v) is 8.54.